The quantitative estimate of drug-likeness (QED) is 0.802. The molecule has 1 N–H and O–H groups in total. The smallest absolute Gasteiger partial charge is 0.305 e. The third-order valence-electron chi connectivity index (χ3n) is 3.47. The zero-order valence-electron chi connectivity index (χ0n) is 13.8. The second-order valence-corrected chi connectivity index (χ2v) is 5.60. The summed E-state index contributed by atoms with van der Waals surface area (Å²) >= 11 is 0. The number of ether oxygens (including phenoxy) is 1. The van der Waals surface area contributed by atoms with E-state index >= 15 is 0 Å². The van der Waals surface area contributed by atoms with Crippen molar-refractivity contribution in [2.45, 2.75) is 40.0 Å². The lowest BCUT2D eigenvalue weighted by Crippen LogP contribution is -2.36. The van der Waals surface area contributed by atoms with Gasteiger partial charge in [0.2, 0.25) is 0 Å². The van der Waals surface area contributed by atoms with Gasteiger partial charge in [0.1, 0.15) is 5.75 Å². The zero-order chi connectivity index (χ0) is 16.7. The lowest BCUT2D eigenvalue weighted by atomic mass is 10.0. The molecule has 0 aliphatic rings. The van der Waals surface area contributed by atoms with Gasteiger partial charge in [-0.3, -0.25) is 9.59 Å². The van der Waals surface area contributed by atoms with Gasteiger partial charge < -0.3 is 14.7 Å². The molecule has 0 atom stereocenters. The topological polar surface area (TPSA) is 66.8 Å². The average molecular weight is 307 g/mol. The maximum absolute atomic E-state index is 12.1. The molecule has 1 amide bonds. The van der Waals surface area contributed by atoms with E-state index in [1.165, 1.54) is 4.90 Å². The molecule has 1 rings (SSSR count). The number of likely N-dealkylation sites (N-methyl/N-ethyl adjacent to an activating group) is 1. The van der Waals surface area contributed by atoms with Crippen molar-refractivity contribution < 1.29 is 19.4 Å². The average Bonchev–Trinajstić information content (AvgIpc) is 2.45. The van der Waals surface area contributed by atoms with Gasteiger partial charge in [0.15, 0.2) is 6.61 Å². The minimum absolute atomic E-state index is 0.0543. The predicted octanol–water partition coefficient (Wildman–Crippen LogP) is 2.82. The number of rotatable bonds is 8. The molecule has 1 aromatic rings. The highest BCUT2D eigenvalue weighted by Gasteiger charge is 2.15. The molecule has 0 fully saturated rings. The van der Waals surface area contributed by atoms with Gasteiger partial charge in [-0.1, -0.05) is 26.0 Å². The van der Waals surface area contributed by atoms with Crippen LogP contribution in [0.15, 0.2) is 18.2 Å². The number of carbonyl (C=O) groups is 2. The summed E-state index contributed by atoms with van der Waals surface area (Å²) in [6.45, 7) is 8.56. The summed E-state index contributed by atoms with van der Waals surface area (Å²) in [6, 6.07) is 5.97. The Bertz CT molecular complexity index is 525. The summed E-state index contributed by atoms with van der Waals surface area (Å²) in [5.41, 5.74) is 2.14. The Kier molecular flexibility index (Phi) is 6.89. The van der Waals surface area contributed by atoms with Crippen molar-refractivity contribution in [3.63, 3.8) is 0 Å². The molecule has 0 unspecified atom stereocenters. The third-order valence-corrected chi connectivity index (χ3v) is 3.47. The molecule has 0 saturated carbocycles. The van der Waals surface area contributed by atoms with Gasteiger partial charge in [0.25, 0.3) is 5.91 Å². The Hall–Kier alpha value is -2.04. The number of carbonyl (C=O) groups excluding carboxylic acids is 1. The van der Waals surface area contributed by atoms with Crippen LogP contribution in [0, 0.1) is 6.92 Å². The van der Waals surface area contributed by atoms with E-state index in [0.717, 1.165) is 16.9 Å². The number of aliphatic carboxylic acids is 1. The fourth-order valence-corrected chi connectivity index (χ4v) is 2.16. The molecule has 0 aliphatic heterocycles. The van der Waals surface area contributed by atoms with Crippen molar-refractivity contribution in [1.29, 1.82) is 0 Å². The van der Waals surface area contributed by atoms with Gasteiger partial charge >= 0.3 is 5.97 Å². The first-order valence-electron chi connectivity index (χ1n) is 7.58. The molecule has 0 radical (unpaired) electrons. The van der Waals surface area contributed by atoms with Gasteiger partial charge in [-0.15, -0.1) is 0 Å². The SMILES string of the molecule is CCN(CCC(=O)O)C(=O)COc1cc(C)ccc1C(C)C. The van der Waals surface area contributed by atoms with Crippen molar-refractivity contribution >= 4 is 11.9 Å². The third kappa shape index (κ3) is 5.39. The van der Waals surface area contributed by atoms with Crippen LogP contribution in [-0.2, 0) is 9.59 Å². The summed E-state index contributed by atoms with van der Waals surface area (Å²) in [5, 5.41) is 8.71. The van der Waals surface area contributed by atoms with Crippen LogP contribution >= 0.6 is 0 Å². The summed E-state index contributed by atoms with van der Waals surface area (Å²) < 4.78 is 5.69. The van der Waals surface area contributed by atoms with Crippen LogP contribution in [0.5, 0.6) is 5.75 Å². The Morgan fingerprint density at radius 3 is 2.55 bits per heavy atom. The Balaban J connectivity index is 2.70. The Labute approximate surface area is 131 Å². The van der Waals surface area contributed by atoms with E-state index in [1.807, 2.05) is 32.0 Å². The zero-order valence-corrected chi connectivity index (χ0v) is 13.8. The van der Waals surface area contributed by atoms with Gasteiger partial charge in [-0.25, -0.2) is 0 Å². The Morgan fingerprint density at radius 1 is 1.32 bits per heavy atom. The van der Waals surface area contributed by atoms with Crippen LogP contribution in [0.4, 0.5) is 0 Å². The van der Waals surface area contributed by atoms with Crippen LogP contribution in [0.2, 0.25) is 0 Å². The molecule has 5 heteroatoms. The van der Waals surface area contributed by atoms with E-state index in [0.29, 0.717) is 12.5 Å². The first kappa shape index (κ1) is 18.0. The van der Waals surface area contributed by atoms with Crippen LogP contribution in [0.25, 0.3) is 0 Å². The maximum atomic E-state index is 12.1. The molecule has 0 bridgehead atoms. The van der Waals surface area contributed by atoms with Gasteiger partial charge in [-0.05, 0) is 37.0 Å². The van der Waals surface area contributed by atoms with E-state index in [-0.39, 0.29) is 25.5 Å². The number of hydrogen-bond donors (Lipinski definition) is 1. The highest BCUT2D eigenvalue weighted by Crippen LogP contribution is 2.27. The van der Waals surface area contributed by atoms with Crippen LogP contribution in [-0.4, -0.2) is 41.6 Å². The Morgan fingerprint density at radius 2 is 2.00 bits per heavy atom. The summed E-state index contributed by atoms with van der Waals surface area (Å²) in [4.78, 5) is 24.2. The fraction of sp³-hybridized carbons (Fsp3) is 0.529. The number of hydrogen-bond acceptors (Lipinski definition) is 3. The van der Waals surface area contributed by atoms with Gasteiger partial charge in [-0.2, -0.15) is 0 Å². The van der Waals surface area contributed by atoms with Gasteiger partial charge in [0, 0.05) is 13.1 Å². The lowest BCUT2D eigenvalue weighted by Gasteiger charge is -2.21. The number of benzene rings is 1. The first-order chi connectivity index (χ1) is 10.3. The molecular formula is C17H25NO4. The second-order valence-electron chi connectivity index (χ2n) is 5.60. The van der Waals surface area contributed by atoms with E-state index in [2.05, 4.69) is 13.8 Å². The highest BCUT2D eigenvalue weighted by molar-refractivity contribution is 5.78. The molecule has 0 saturated heterocycles. The summed E-state index contributed by atoms with van der Waals surface area (Å²) in [5.74, 6) is -0.0782. The summed E-state index contributed by atoms with van der Waals surface area (Å²) in [6.07, 6.45) is -0.0543. The maximum Gasteiger partial charge on any atom is 0.305 e. The van der Waals surface area contributed by atoms with E-state index in [1.54, 1.807) is 0 Å². The molecule has 0 heterocycles. The normalized spacial score (nSPS) is 10.6. The molecular weight excluding hydrogens is 282 g/mol. The number of aryl methyl sites for hydroxylation is 1. The highest BCUT2D eigenvalue weighted by atomic mass is 16.5. The predicted molar refractivity (Wildman–Crippen MR) is 85.3 cm³/mol. The van der Waals surface area contributed by atoms with E-state index in [4.69, 9.17) is 9.84 Å². The number of carboxylic acid groups (broad SMARTS) is 1. The van der Waals surface area contributed by atoms with Crippen molar-refractivity contribution in [1.82, 2.24) is 4.90 Å². The van der Waals surface area contributed by atoms with Crippen LogP contribution in [0.3, 0.4) is 0 Å². The molecule has 122 valence electrons. The van der Waals surface area contributed by atoms with Crippen molar-refractivity contribution in [3.8, 4) is 5.75 Å². The molecule has 0 aliphatic carbocycles. The van der Waals surface area contributed by atoms with Crippen molar-refractivity contribution in [3.05, 3.63) is 29.3 Å². The minimum atomic E-state index is -0.909. The molecule has 0 spiro atoms. The summed E-state index contributed by atoms with van der Waals surface area (Å²) in [7, 11) is 0. The standard InChI is InChI=1S/C17H25NO4/c1-5-18(9-8-17(20)21)16(19)11-22-15-10-13(4)6-7-14(15)12(2)3/h6-7,10,12H,5,8-9,11H2,1-4H3,(H,20,21). The van der Waals surface area contributed by atoms with Crippen molar-refractivity contribution in [2.24, 2.45) is 0 Å². The number of carboxylic acids is 1. The minimum Gasteiger partial charge on any atom is -0.483 e. The number of amides is 1. The monoisotopic (exact) mass is 307 g/mol. The van der Waals surface area contributed by atoms with Crippen molar-refractivity contribution in [2.75, 3.05) is 19.7 Å². The largest absolute Gasteiger partial charge is 0.483 e. The van der Waals surface area contributed by atoms with Gasteiger partial charge in [0.05, 0.1) is 6.42 Å². The molecule has 22 heavy (non-hydrogen) atoms. The van der Waals surface area contributed by atoms with Crippen LogP contribution in [0.1, 0.15) is 44.2 Å². The molecule has 1 aromatic carbocycles. The molecule has 5 nitrogen and oxygen atoms in total. The molecule has 0 aromatic heterocycles. The fourth-order valence-electron chi connectivity index (χ4n) is 2.16. The second kappa shape index (κ2) is 8.41. The lowest BCUT2D eigenvalue weighted by molar-refractivity contribution is -0.139. The van der Waals surface area contributed by atoms with E-state index in [9.17, 15) is 9.59 Å². The first-order valence-corrected chi connectivity index (χ1v) is 7.58. The van der Waals surface area contributed by atoms with E-state index < -0.39 is 5.97 Å². The van der Waals surface area contributed by atoms with Crippen LogP contribution < -0.4 is 4.74 Å². The number of nitrogens with zero attached hydrogens (tertiary/aromatic N) is 1.